The highest BCUT2D eigenvalue weighted by atomic mass is 35.5. The largest absolute Gasteiger partial charge is 0.460 e. The molecule has 16 heteroatoms. The highest BCUT2D eigenvalue weighted by molar-refractivity contribution is 7.10. The molecule has 2 N–H and O–H groups in total. The van der Waals surface area contributed by atoms with E-state index in [0.29, 0.717) is 38.6 Å². The summed E-state index contributed by atoms with van der Waals surface area (Å²) >= 11 is 7.65. The van der Waals surface area contributed by atoms with Crippen LogP contribution < -0.4 is 14.8 Å². The van der Waals surface area contributed by atoms with Gasteiger partial charge in [-0.15, -0.1) is 16.0 Å². The van der Waals surface area contributed by atoms with Crippen molar-refractivity contribution in [3.8, 4) is 17.3 Å². The van der Waals surface area contributed by atoms with Crippen LogP contribution in [0.1, 0.15) is 47.7 Å². The monoisotopic (exact) mass is 750 g/mol. The van der Waals surface area contributed by atoms with E-state index in [1.165, 1.54) is 51.3 Å². The lowest BCUT2D eigenvalue weighted by Crippen LogP contribution is -2.42. The first-order chi connectivity index (χ1) is 24.8. The van der Waals surface area contributed by atoms with Crippen molar-refractivity contribution < 1.29 is 37.5 Å². The molecular weight excluding hydrogens is 716 g/mol. The van der Waals surface area contributed by atoms with Crippen LogP contribution in [0.15, 0.2) is 78.7 Å². The molecule has 12 nitrogen and oxygen atoms in total. The first-order valence-corrected chi connectivity index (χ1v) is 17.2. The number of likely N-dealkylation sites (N-methyl/N-ethyl adjacent to an activating group) is 1. The fraction of sp³-hybridized carbons (Fsp3) is 0.278. The molecule has 0 saturated heterocycles. The van der Waals surface area contributed by atoms with Crippen molar-refractivity contribution in [2.75, 3.05) is 25.5 Å². The van der Waals surface area contributed by atoms with E-state index in [4.69, 9.17) is 31.3 Å². The summed E-state index contributed by atoms with van der Waals surface area (Å²) in [7, 11) is 3.09. The average molecular weight is 751 g/mol. The number of nitriles is 1. The van der Waals surface area contributed by atoms with Gasteiger partial charge < -0.3 is 19.9 Å². The molecule has 0 bridgehead atoms. The minimum absolute atomic E-state index is 0.000973. The highest BCUT2D eigenvalue weighted by Gasteiger charge is 2.43. The Morgan fingerprint density at radius 2 is 1.94 bits per heavy atom. The predicted octanol–water partition coefficient (Wildman–Crippen LogP) is 5.84. The van der Waals surface area contributed by atoms with Crippen molar-refractivity contribution in [1.29, 1.82) is 5.26 Å². The molecule has 270 valence electrons. The summed E-state index contributed by atoms with van der Waals surface area (Å²) < 4.78 is 43.1. The average Bonchev–Trinajstić information content (AvgIpc) is 3.81. The molecule has 0 fully saturated rings. The first kappa shape index (κ1) is 38.0. The van der Waals surface area contributed by atoms with Crippen LogP contribution in [0.3, 0.4) is 0 Å². The van der Waals surface area contributed by atoms with Gasteiger partial charge in [-0.25, -0.2) is 18.6 Å². The third-order valence-corrected chi connectivity index (χ3v) is 9.82. The molecule has 3 aromatic carbocycles. The molecule has 0 aliphatic rings. The molecule has 5 aromatic rings. The third-order valence-electron chi connectivity index (χ3n) is 8.44. The van der Waals surface area contributed by atoms with Gasteiger partial charge in [-0.1, -0.05) is 42.8 Å². The van der Waals surface area contributed by atoms with Crippen molar-refractivity contribution in [2.45, 2.75) is 44.7 Å². The highest BCUT2D eigenvalue weighted by Crippen LogP contribution is 2.41. The van der Waals surface area contributed by atoms with Gasteiger partial charge in [0.25, 0.3) is 6.33 Å². The smallest absolute Gasteiger partial charge is 0.416 e. The summed E-state index contributed by atoms with van der Waals surface area (Å²) in [5, 5.41) is 31.0. The summed E-state index contributed by atoms with van der Waals surface area (Å²) in [6.45, 7) is 2.84. The number of carbonyl (C=O) groups is 2. The maximum atomic E-state index is 15.4. The molecule has 2 heterocycles. The summed E-state index contributed by atoms with van der Waals surface area (Å²) in [6, 6.07) is 16.8. The number of anilines is 1. The van der Waals surface area contributed by atoms with E-state index in [-0.39, 0.29) is 25.3 Å². The predicted molar refractivity (Wildman–Crippen MR) is 188 cm³/mol. The number of rotatable bonds is 13. The van der Waals surface area contributed by atoms with Crippen molar-refractivity contribution in [3.05, 3.63) is 117 Å². The fourth-order valence-corrected chi connectivity index (χ4v) is 6.62. The van der Waals surface area contributed by atoms with Gasteiger partial charge in [-0.3, -0.25) is 9.69 Å². The number of benzene rings is 3. The summed E-state index contributed by atoms with van der Waals surface area (Å²) in [5.41, 5.74) is 0.508. The van der Waals surface area contributed by atoms with Crippen molar-refractivity contribution in [1.82, 2.24) is 20.1 Å². The van der Waals surface area contributed by atoms with E-state index in [0.717, 1.165) is 11.6 Å². The fourth-order valence-electron chi connectivity index (χ4n) is 5.43. The first-order valence-electron chi connectivity index (χ1n) is 15.9. The number of amides is 1. The zero-order valence-electron chi connectivity index (χ0n) is 28.6. The molecule has 0 radical (unpaired) electrons. The van der Waals surface area contributed by atoms with Crippen molar-refractivity contribution >= 4 is 40.7 Å². The van der Waals surface area contributed by atoms with Gasteiger partial charge >= 0.3 is 12.1 Å². The molecule has 0 spiro atoms. The Morgan fingerprint density at radius 3 is 2.63 bits per heavy atom. The van der Waals surface area contributed by atoms with Crippen LogP contribution in [0.5, 0.6) is 0 Å². The number of hydrogen-bond donors (Lipinski definition) is 2. The van der Waals surface area contributed by atoms with Gasteiger partial charge in [-0.2, -0.15) is 9.83 Å². The third kappa shape index (κ3) is 8.43. The number of thiazole rings is 1. The molecule has 2 aromatic heterocycles. The van der Waals surface area contributed by atoms with E-state index in [2.05, 4.69) is 16.5 Å². The van der Waals surface area contributed by atoms with E-state index in [9.17, 15) is 19.1 Å². The van der Waals surface area contributed by atoms with Crippen molar-refractivity contribution in [3.63, 3.8) is 0 Å². The second-order valence-electron chi connectivity index (χ2n) is 11.9. The van der Waals surface area contributed by atoms with Crippen LogP contribution in [0.25, 0.3) is 11.3 Å². The van der Waals surface area contributed by atoms with Crippen LogP contribution in [-0.2, 0) is 33.0 Å². The van der Waals surface area contributed by atoms with E-state index in [1.807, 2.05) is 0 Å². The Morgan fingerprint density at radius 1 is 1.19 bits per heavy atom. The quantitative estimate of drug-likeness (QED) is 0.112. The zero-order valence-corrected chi connectivity index (χ0v) is 30.2. The molecule has 0 saturated carbocycles. The molecule has 1 amide bonds. The SMILES string of the molecule is CNCC(=O)OCc1c(Cl)cccc1N(C)C(=O)OC(C)[n+]1cnn(CC(O)(c2ccc(F)cc2F)C(C)c2nc(-c3ccc(C#N)cc3)cs2)c1. The molecule has 0 aliphatic heterocycles. The van der Waals surface area contributed by atoms with Gasteiger partial charge in [0.15, 0.2) is 0 Å². The zero-order chi connectivity index (χ0) is 37.6. The maximum absolute atomic E-state index is 15.4. The second kappa shape index (κ2) is 16.4. The minimum atomic E-state index is -1.97. The number of nitrogens with one attached hydrogen (secondary N) is 1. The van der Waals surface area contributed by atoms with Crippen LogP contribution in [0.4, 0.5) is 19.3 Å². The summed E-state index contributed by atoms with van der Waals surface area (Å²) in [4.78, 5) is 31.1. The normalized spacial score (nSPS) is 13.4. The van der Waals surface area contributed by atoms with Gasteiger partial charge in [0, 0.05) is 58.1 Å². The molecule has 3 atom stereocenters. The lowest BCUT2D eigenvalue weighted by Gasteiger charge is -2.32. The Kier molecular flexibility index (Phi) is 12.0. The number of halogens is 3. The number of carbonyl (C=O) groups excluding carboxylic acids is 2. The van der Waals surface area contributed by atoms with Gasteiger partial charge in [-0.05, 0) is 37.4 Å². The number of aliphatic hydroxyl groups is 1. The summed E-state index contributed by atoms with van der Waals surface area (Å²) in [5.74, 6) is -3.05. The van der Waals surface area contributed by atoms with Crippen LogP contribution in [0.2, 0.25) is 5.02 Å². The molecular formula is C36H35ClF2N7O5S+. The van der Waals surface area contributed by atoms with Gasteiger partial charge in [0.2, 0.25) is 12.6 Å². The van der Waals surface area contributed by atoms with E-state index < -0.39 is 41.4 Å². The van der Waals surface area contributed by atoms with E-state index >= 15 is 4.39 Å². The van der Waals surface area contributed by atoms with Crippen molar-refractivity contribution in [2.24, 2.45) is 0 Å². The van der Waals surface area contributed by atoms with Crippen LogP contribution in [-0.4, -0.2) is 52.6 Å². The second-order valence-corrected chi connectivity index (χ2v) is 13.2. The molecule has 52 heavy (non-hydrogen) atoms. The molecule has 5 rings (SSSR count). The Balaban J connectivity index is 1.36. The topological polar surface area (TPSA) is 146 Å². The standard InChI is InChI=1S/C36H35ClF2N7O5S/c1-22(34-43-31(18-52-34)25-10-8-24(15-40)9-11-25)36(49,28-13-12-26(38)14-30(28)39)19-46-21-45(20-42-46)23(2)51-35(48)44(4)32-7-5-6-29(37)27(32)17-50-33(47)16-41-3/h5-14,18,20-23,41,49H,16-17,19H2,1-4H3/q+1. The Labute approximate surface area is 307 Å². The maximum Gasteiger partial charge on any atom is 0.416 e. The minimum Gasteiger partial charge on any atom is -0.460 e. The lowest BCUT2D eigenvalue weighted by atomic mass is 9.82. The summed E-state index contributed by atoms with van der Waals surface area (Å²) in [6.07, 6.45) is 1.20. The lowest BCUT2D eigenvalue weighted by molar-refractivity contribution is -0.753. The van der Waals surface area contributed by atoms with Crippen LogP contribution >= 0.6 is 22.9 Å². The van der Waals surface area contributed by atoms with Gasteiger partial charge in [0.05, 0.1) is 34.6 Å². The van der Waals surface area contributed by atoms with Gasteiger partial charge in [0.1, 0.15) is 30.4 Å². The Hall–Kier alpha value is -5.27. The van der Waals surface area contributed by atoms with Crippen LogP contribution in [0, 0.1) is 23.0 Å². The van der Waals surface area contributed by atoms with E-state index in [1.54, 1.807) is 68.7 Å². The Bertz CT molecular complexity index is 2110. The number of nitrogens with zero attached hydrogens (tertiary/aromatic N) is 6. The molecule has 0 aliphatic carbocycles. The number of hydrogen-bond acceptors (Lipinski definition) is 10. The number of esters is 1. The number of aromatic nitrogens is 4. The number of ether oxygens (including phenoxy) is 2. The molecule has 3 unspecified atom stereocenters.